The van der Waals surface area contributed by atoms with E-state index in [2.05, 4.69) is 5.32 Å². The maximum Gasteiger partial charge on any atom is 0.422 e. The number of ether oxygens (including phenoxy) is 2. The third-order valence-electron chi connectivity index (χ3n) is 2.25. The molecule has 0 saturated heterocycles. The Labute approximate surface area is 123 Å². The number of hydrogen-bond donors (Lipinski definition) is 1. The zero-order valence-electron chi connectivity index (χ0n) is 10.6. The van der Waals surface area contributed by atoms with Crippen LogP contribution in [0.3, 0.4) is 0 Å². The lowest BCUT2D eigenvalue weighted by molar-refractivity contribution is -0.153. The zero-order chi connectivity index (χ0) is 14.5. The molecular weight excluding hydrogens is 374 g/mol. The van der Waals surface area contributed by atoms with Crippen LogP contribution in [0.25, 0.3) is 0 Å². The monoisotopic (exact) mass is 389 g/mol. The number of benzene rings is 1. The first kappa shape index (κ1) is 16.4. The predicted molar refractivity (Wildman–Crippen MR) is 74.6 cm³/mol. The second-order valence-electron chi connectivity index (χ2n) is 3.79. The molecule has 0 saturated carbocycles. The van der Waals surface area contributed by atoms with Crippen LogP contribution in [-0.4, -0.2) is 26.4 Å². The largest absolute Gasteiger partial charge is 0.493 e. The quantitative estimate of drug-likeness (QED) is 0.758. The van der Waals surface area contributed by atoms with Gasteiger partial charge in [-0.2, -0.15) is 13.2 Å². The molecule has 0 bridgehead atoms. The van der Waals surface area contributed by atoms with Gasteiger partial charge in [0.1, 0.15) is 0 Å². The first-order valence-corrected chi connectivity index (χ1v) is 6.72. The van der Waals surface area contributed by atoms with Crippen molar-refractivity contribution in [2.45, 2.75) is 19.6 Å². The van der Waals surface area contributed by atoms with Gasteiger partial charge in [-0.05, 0) is 46.8 Å². The maximum atomic E-state index is 12.2. The number of hydrogen-bond acceptors (Lipinski definition) is 3. The van der Waals surface area contributed by atoms with Gasteiger partial charge in [0, 0.05) is 6.54 Å². The summed E-state index contributed by atoms with van der Waals surface area (Å²) in [4.78, 5) is 0. The van der Waals surface area contributed by atoms with Crippen LogP contribution in [0.5, 0.6) is 11.5 Å². The lowest BCUT2D eigenvalue weighted by Crippen LogP contribution is -2.20. The van der Waals surface area contributed by atoms with Gasteiger partial charge >= 0.3 is 6.18 Å². The molecule has 7 heteroatoms. The summed E-state index contributed by atoms with van der Waals surface area (Å²) >= 11 is 1.94. The highest BCUT2D eigenvalue weighted by Gasteiger charge is 2.29. The van der Waals surface area contributed by atoms with E-state index in [0.717, 1.165) is 12.1 Å². The van der Waals surface area contributed by atoms with Crippen molar-refractivity contribution >= 4 is 22.6 Å². The lowest BCUT2D eigenvalue weighted by atomic mass is 10.2. The molecule has 1 aromatic rings. The Hall–Kier alpha value is -0.700. The number of nitrogens with one attached hydrogen (secondary N) is 1. The predicted octanol–water partition coefficient (Wildman–Crippen LogP) is 3.35. The van der Waals surface area contributed by atoms with E-state index in [1.807, 2.05) is 29.5 Å². The van der Waals surface area contributed by atoms with Crippen molar-refractivity contribution in [3.8, 4) is 11.5 Å². The summed E-state index contributed by atoms with van der Waals surface area (Å²) in [5.41, 5.74) is 0.933. The SMILES string of the molecule is CCNCc1cc(I)c(OCC(F)(F)F)c(OC)c1. The van der Waals surface area contributed by atoms with Gasteiger partial charge in [0.05, 0.1) is 10.7 Å². The van der Waals surface area contributed by atoms with Gasteiger partial charge in [-0.15, -0.1) is 0 Å². The van der Waals surface area contributed by atoms with Crippen LogP contribution in [-0.2, 0) is 6.54 Å². The van der Waals surface area contributed by atoms with Crippen molar-refractivity contribution in [2.24, 2.45) is 0 Å². The smallest absolute Gasteiger partial charge is 0.422 e. The van der Waals surface area contributed by atoms with Crippen LogP contribution in [0, 0.1) is 3.57 Å². The number of halogens is 4. The fourth-order valence-corrected chi connectivity index (χ4v) is 2.26. The Balaban J connectivity index is 2.91. The van der Waals surface area contributed by atoms with E-state index in [1.165, 1.54) is 7.11 Å². The third-order valence-corrected chi connectivity index (χ3v) is 3.05. The van der Waals surface area contributed by atoms with Gasteiger partial charge in [-0.1, -0.05) is 6.92 Å². The second kappa shape index (κ2) is 7.18. The molecule has 0 amide bonds. The molecule has 0 aromatic heterocycles. The molecule has 0 aliphatic heterocycles. The molecule has 0 unspecified atom stereocenters. The minimum Gasteiger partial charge on any atom is -0.493 e. The summed E-state index contributed by atoms with van der Waals surface area (Å²) in [6.45, 7) is 2.09. The third kappa shape index (κ3) is 5.43. The molecule has 0 aliphatic rings. The van der Waals surface area contributed by atoms with E-state index in [-0.39, 0.29) is 5.75 Å². The molecule has 108 valence electrons. The molecule has 19 heavy (non-hydrogen) atoms. The van der Waals surface area contributed by atoms with E-state index in [0.29, 0.717) is 15.9 Å². The first-order chi connectivity index (χ1) is 8.87. The molecular formula is C12H15F3INO2. The molecule has 0 radical (unpaired) electrons. The Morgan fingerprint density at radius 2 is 2.00 bits per heavy atom. The Kier molecular flexibility index (Phi) is 6.18. The summed E-state index contributed by atoms with van der Waals surface area (Å²) in [5, 5.41) is 3.14. The molecule has 1 rings (SSSR count). The van der Waals surface area contributed by atoms with Crippen molar-refractivity contribution < 1.29 is 22.6 Å². The van der Waals surface area contributed by atoms with Gasteiger partial charge in [-0.3, -0.25) is 0 Å². The average Bonchev–Trinajstić information content (AvgIpc) is 2.33. The van der Waals surface area contributed by atoms with Crippen molar-refractivity contribution in [3.63, 3.8) is 0 Å². The first-order valence-electron chi connectivity index (χ1n) is 5.64. The highest BCUT2D eigenvalue weighted by molar-refractivity contribution is 14.1. The molecule has 0 fully saturated rings. The molecule has 0 spiro atoms. The van der Waals surface area contributed by atoms with E-state index in [9.17, 15) is 13.2 Å². The van der Waals surface area contributed by atoms with E-state index in [1.54, 1.807) is 12.1 Å². The standard InChI is InChI=1S/C12H15F3INO2/c1-3-17-6-8-4-9(16)11(10(5-8)18-2)19-7-12(13,14)15/h4-5,17H,3,6-7H2,1-2H3. The summed E-state index contributed by atoms with van der Waals surface area (Å²) in [5.74, 6) is 0.435. The Bertz CT molecular complexity index is 424. The van der Waals surface area contributed by atoms with Crippen LogP contribution in [0.4, 0.5) is 13.2 Å². The van der Waals surface area contributed by atoms with Crippen LogP contribution in [0.1, 0.15) is 12.5 Å². The highest BCUT2D eigenvalue weighted by atomic mass is 127. The summed E-state index contributed by atoms with van der Waals surface area (Å²) in [6, 6.07) is 3.45. The van der Waals surface area contributed by atoms with E-state index < -0.39 is 12.8 Å². The number of rotatable bonds is 6. The average molecular weight is 389 g/mol. The minimum absolute atomic E-state index is 0.126. The fourth-order valence-electron chi connectivity index (χ4n) is 1.44. The molecule has 0 heterocycles. The summed E-state index contributed by atoms with van der Waals surface area (Å²) in [7, 11) is 1.41. The van der Waals surface area contributed by atoms with Gasteiger partial charge in [0.25, 0.3) is 0 Å². The maximum absolute atomic E-state index is 12.2. The Morgan fingerprint density at radius 1 is 1.32 bits per heavy atom. The van der Waals surface area contributed by atoms with Gasteiger partial charge in [-0.25, -0.2) is 0 Å². The summed E-state index contributed by atoms with van der Waals surface area (Å²) < 4.78 is 47.0. The molecule has 3 nitrogen and oxygen atoms in total. The van der Waals surface area contributed by atoms with Crippen molar-refractivity contribution in [3.05, 3.63) is 21.3 Å². The van der Waals surface area contributed by atoms with Gasteiger partial charge in [0.2, 0.25) is 0 Å². The van der Waals surface area contributed by atoms with E-state index >= 15 is 0 Å². The minimum atomic E-state index is -4.36. The van der Waals surface area contributed by atoms with Crippen LogP contribution >= 0.6 is 22.6 Å². The summed E-state index contributed by atoms with van der Waals surface area (Å²) in [6.07, 6.45) is -4.36. The van der Waals surface area contributed by atoms with Crippen molar-refractivity contribution in [1.82, 2.24) is 5.32 Å². The Morgan fingerprint density at radius 3 is 2.53 bits per heavy atom. The van der Waals surface area contributed by atoms with Crippen molar-refractivity contribution in [2.75, 3.05) is 20.3 Å². The number of methoxy groups -OCH3 is 1. The molecule has 1 aromatic carbocycles. The van der Waals surface area contributed by atoms with Crippen LogP contribution in [0.15, 0.2) is 12.1 Å². The molecule has 0 atom stereocenters. The topological polar surface area (TPSA) is 30.5 Å². The highest BCUT2D eigenvalue weighted by Crippen LogP contribution is 2.35. The number of alkyl halides is 3. The van der Waals surface area contributed by atoms with Crippen molar-refractivity contribution in [1.29, 1.82) is 0 Å². The second-order valence-corrected chi connectivity index (χ2v) is 4.96. The molecule has 1 N–H and O–H groups in total. The van der Waals surface area contributed by atoms with Gasteiger partial charge in [0.15, 0.2) is 18.1 Å². The van der Waals surface area contributed by atoms with E-state index in [4.69, 9.17) is 9.47 Å². The van der Waals surface area contributed by atoms with Crippen LogP contribution < -0.4 is 14.8 Å². The zero-order valence-corrected chi connectivity index (χ0v) is 12.8. The van der Waals surface area contributed by atoms with Crippen LogP contribution in [0.2, 0.25) is 0 Å². The van der Waals surface area contributed by atoms with Gasteiger partial charge < -0.3 is 14.8 Å². The fraction of sp³-hybridized carbons (Fsp3) is 0.500. The lowest BCUT2D eigenvalue weighted by Gasteiger charge is -2.15. The molecule has 0 aliphatic carbocycles. The normalized spacial score (nSPS) is 11.5.